The van der Waals surface area contributed by atoms with E-state index in [1.54, 1.807) is 0 Å². The van der Waals surface area contributed by atoms with Crippen molar-refractivity contribution < 1.29 is 0 Å². The minimum atomic E-state index is 0.553. The lowest BCUT2D eigenvalue weighted by Gasteiger charge is -2.29. The normalized spacial score (nSPS) is 22.3. The van der Waals surface area contributed by atoms with E-state index >= 15 is 0 Å². The highest BCUT2D eigenvalue weighted by molar-refractivity contribution is 5.14. The van der Waals surface area contributed by atoms with Crippen molar-refractivity contribution in [2.45, 2.75) is 38.1 Å². The number of likely N-dealkylation sites (tertiary alicyclic amines) is 1. The van der Waals surface area contributed by atoms with E-state index in [2.05, 4.69) is 16.0 Å². The van der Waals surface area contributed by atoms with E-state index in [-0.39, 0.29) is 0 Å². The molecule has 0 aromatic carbocycles. The molecule has 17 heavy (non-hydrogen) atoms. The molecule has 0 spiro atoms. The zero-order chi connectivity index (χ0) is 11.9. The third-order valence-corrected chi connectivity index (χ3v) is 3.58. The Bertz CT molecular complexity index is 313. The molecule has 0 amide bonds. The number of rotatable bonds is 4. The summed E-state index contributed by atoms with van der Waals surface area (Å²) < 4.78 is 0. The fraction of sp³-hybridized carbons (Fsp3) is 0.643. The molecule has 1 aliphatic rings. The average Bonchev–Trinajstić information content (AvgIpc) is 2.62. The highest BCUT2D eigenvalue weighted by Crippen LogP contribution is 2.29. The van der Waals surface area contributed by atoms with Gasteiger partial charge in [-0.2, -0.15) is 0 Å². The van der Waals surface area contributed by atoms with Gasteiger partial charge in [0.2, 0.25) is 0 Å². The van der Waals surface area contributed by atoms with Crippen molar-refractivity contribution in [3.63, 3.8) is 0 Å². The summed E-state index contributed by atoms with van der Waals surface area (Å²) in [5, 5.41) is 0. The molecule has 1 aromatic heterocycles. The van der Waals surface area contributed by atoms with Crippen molar-refractivity contribution in [3.8, 4) is 0 Å². The van der Waals surface area contributed by atoms with Crippen LogP contribution in [0, 0.1) is 0 Å². The maximum absolute atomic E-state index is 5.63. The Morgan fingerprint density at radius 2 is 2.29 bits per heavy atom. The van der Waals surface area contributed by atoms with E-state index in [1.165, 1.54) is 37.8 Å². The second kappa shape index (κ2) is 6.72. The van der Waals surface area contributed by atoms with E-state index in [0.717, 1.165) is 19.5 Å². The maximum atomic E-state index is 5.63. The third-order valence-electron chi connectivity index (χ3n) is 3.58. The van der Waals surface area contributed by atoms with Crippen LogP contribution in [0.3, 0.4) is 0 Å². The Labute approximate surface area is 104 Å². The van der Waals surface area contributed by atoms with Gasteiger partial charge < -0.3 is 5.73 Å². The lowest BCUT2D eigenvalue weighted by atomic mass is 10.0. The number of hydrogen-bond donors (Lipinski definition) is 1. The van der Waals surface area contributed by atoms with Gasteiger partial charge in [-0.25, -0.2) is 0 Å². The zero-order valence-electron chi connectivity index (χ0n) is 10.5. The lowest BCUT2D eigenvalue weighted by molar-refractivity contribution is 0.200. The molecule has 0 aliphatic carbocycles. The molecule has 3 heteroatoms. The van der Waals surface area contributed by atoms with Crippen LogP contribution in [0.25, 0.3) is 0 Å². The Hall–Kier alpha value is -0.930. The highest BCUT2D eigenvalue weighted by Gasteiger charge is 2.21. The van der Waals surface area contributed by atoms with Gasteiger partial charge in [0, 0.05) is 18.4 Å². The SMILES string of the molecule is NCCCN1CCCCC[C@@H]1c1cccnc1. The molecular formula is C14H23N3. The Balaban J connectivity index is 2.08. The van der Waals surface area contributed by atoms with E-state index in [1.807, 2.05) is 18.5 Å². The summed E-state index contributed by atoms with van der Waals surface area (Å²) in [5.74, 6) is 0. The quantitative estimate of drug-likeness (QED) is 0.868. The fourth-order valence-electron chi connectivity index (χ4n) is 2.68. The predicted octanol–water partition coefficient (Wildman–Crippen LogP) is 2.35. The van der Waals surface area contributed by atoms with Crippen LogP contribution in [0.2, 0.25) is 0 Å². The maximum Gasteiger partial charge on any atom is 0.0363 e. The Morgan fingerprint density at radius 3 is 3.06 bits per heavy atom. The third kappa shape index (κ3) is 3.51. The minimum absolute atomic E-state index is 0.553. The molecule has 3 nitrogen and oxygen atoms in total. The van der Waals surface area contributed by atoms with Gasteiger partial charge in [0.25, 0.3) is 0 Å². The number of aromatic nitrogens is 1. The van der Waals surface area contributed by atoms with Gasteiger partial charge >= 0.3 is 0 Å². The highest BCUT2D eigenvalue weighted by atomic mass is 15.2. The predicted molar refractivity (Wildman–Crippen MR) is 70.7 cm³/mol. The van der Waals surface area contributed by atoms with Gasteiger partial charge in [-0.1, -0.05) is 18.9 Å². The minimum Gasteiger partial charge on any atom is -0.330 e. The van der Waals surface area contributed by atoms with Crippen LogP contribution in [0.15, 0.2) is 24.5 Å². The molecule has 1 fully saturated rings. The molecule has 2 N–H and O–H groups in total. The monoisotopic (exact) mass is 233 g/mol. The first-order chi connectivity index (χ1) is 8.42. The summed E-state index contributed by atoms with van der Waals surface area (Å²) in [6, 6.07) is 4.80. The average molecular weight is 233 g/mol. The molecule has 2 heterocycles. The summed E-state index contributed by atoms with van der Waals surface area (Å²) in [5.41, 5.74) is 7.00. The Morgan fingerprint density at radius 1 is 1.35 bits per heavy atom. The molecule has 0 saturated carbocycles. The van der Waals surface area contributed by atoms with Gasteiger partial charge in [0.05, 0.1) is 0 Å². The van der Waals surface area contributed by atoms with E-state index in [0.29, 0.717) is 6.04 Å². The number of nitrogens with zero attached hydrogens (tertiary/aromatic N) is 2. The first-order valence-corrected chi connectivity index (χ1v) is 6.76. The van der Waals surface area contributed by atoms with Crippen molar-refractivity contribution in [1.29, 1.82) is 0 Å². The first-order valence-electron chi connectivity index (χ1n) is 6.76. The smallest absolute Gasteiger partial charge is 0.0363 e. The molecule has 1 saturated heterocycles. The standard InChI is InChI=1S/C14H23N3/c15-8-5-11-17-10-3-1-2-7-14(17)13-6-4-9-16-12-13/h4,6,9,12,14H,1-3,5,7-8,10-11,15H2/t14-/m1/s1. The van der Waals surface area contributed by atoms with Crippen molar-refractivity contribution in [2.24, 2.45) is 5.73 Å². The van der Waals surface area contributed by atoms with Gasteiger partial charge in [-0.15, -0.1) is 0 Å². The van der Waals surface area contributed by atoms with Crippen LogP contribution < -0.4 is 5.73 Å². The largest absolute Gasteiger partial charge is 0.330 e. The molecule has 2 rings (SSSR count). The second-order valence-electron chi connectivity index (χ2n) is 4.83. The van der Waals surface area contributed by atoms with E-state index < -0.39 is 0 Å². The van der Waals surface area contributed by atoms with Crippen LogP contribution in [0.5, 0.6) is 0 Å². The molecule has 0 radical (unpaired) electrons. The fourth-order valence-corrected chi connectivity index (χ4v) is 2.68. The van der Waals surface area contributed by atoms with Gasteiger partial charge in [0.1, 0.15) is 0 Å². The van der Waals surface area contributed by atoms with Gasteiger partial charge in [-0.3, -0.25) is 9.88 Å². The number of pyridine rings is 1. The van der Waals surface area contributed by atoms with E-state index in [9.17, 15) is 0 Å². The van der Waals surface area contributed by atoms with Crippen molar-refractivity contribution in [3.05, 3.63) is 30.1 Å². The molecule has 1 atom stereocenters. The topological polar surface area (TPSA) is 42.1 Å². The molecule has 94 valence electrons. The number of hydrogen-bond acceptors (Lipinski definition) is 3. The zero-order valence-corrected chi connectivity index (χ0v) is 10.5. The van der Waals surface area contributed by atoms with Crippen LogP contribution in [-0.2, 0) is 0 Å². The van der Waals surface area contributed by atoms with Gasteiger partial charge in [-0.05, 0) is 50.5 Å². The van der Waals surface area contributed by atoms with Crippen molar-refractivity contribution in [2.75, 3.05) is 19.6 Å². The van der Waals surface area contributed by atoms with Gasteiger partial charge in [0.15, 0.2) is 0 Å². The Kier molecular flexibility index (Phi) is 4.95. The summed E-state index contributed by atoms with van der Waals surface area (Å²) in [4.78, 5) is 6.85. The number of nitrogens with two attached hydrogens (primary N) is 1. The summed E-state index contributed by atoms with van der Waals surface area (Å²) in [6.45, 7) is 3.12. The van der Waals surface area contributed by atoms with Crippen LogP contribution in [-0.4, -0.2) is 29.5 Å². The van der Waals surface area contributed by atoms with Crippen LogP contribution >= 0.6 is 0 Å². The summed E-state index contributed by atoms with van der Waals surface area (Å²) >= 11 is 0. The van der Waals surface area contributed by atoms with E-state index in [4.69, 9.17) is 5.73 Å². The summed E-state index contributed by atoms with van der Waals surface area (Å²) in [6.07, 6.45) is 10.2. The van der Waals surface area contributed by atoms with Crippen LogP contribution in [0.4, 0.5) is 0 Å². The molecule has 0 bridgehead atoms. The first kappa shape index (κ1) is 12.5. The molecular weight excluding hydrogens is 210 g/mol. The van der Waals surface area contributed by atoms with Crippen LogP contribution in [0.1, 0.15) is 43.7 Å². The molecule has 1 aromatic rings. The molecule has 1 aliphatic heterocycles. The second-order valence-corrected chi connectivity index (χ2v) is 4.83. The van der Waals surface area contributed by atoms with Crippen molar-refractivity contribution >= 4 is 0 Å². The molecule has 0 unspecified atom stereocenters. The lowest BCUT2D eigenvalue weighted by Crippen LogP contribution is -2.30. The van der Waals surface area contributed by atoms with Crippen molar-refractivity contribution in [1.82, 2.24) is 9.88 Å². The summed E-state index contributed by atoms with van der Waals surface area (Å²) in [7, 11) is 0.